The van der Waals surface area contributed by atoms with E-state index in [-0.39, 0.29) is 0 Å². The zero-order valence-corrected chi connectivity index (χ0v) is 9.57. The van der Waals surface area contributed by atoms with E-state index in [4.69, 9.17) is 29.6 Å². The first-order valence-electron chi connectivity index (χ1n) is 4.57. The van der Waals surface area contributed by atoms with Crippen LogP contribution >= 0.6 is 23.2 Å². The van der Waals surface area contributed by atoms with Gasteiger partial charge in [0, 0.05) is 6.42 Å². The number of benzene rings is 1. The van der Waals surface area contributed by atoms with Gasteiger partial charge in [-0.1, -0.05) is 36.2 Å². The summed E-state index contributed by atoms with van der Waals surface area (Å²) < 4.78 is 0. The first-order valence-corrected chi connectivity index (χ1v) is 5.33. The second-order valence-corrected chi connectivity index (χ2v) is 4.00. The summed E-state index contributed by atoms with van der Waals surface area (Å²) in [5.74, 6) is 3.06. The minimum atomic E-state index is 0.384. The van der Waals surface area contributed by atoms with Crippen LogP contribution in [0.15, 0.2) is 18.2 Å². The minimum Gasteiger partial charge on any atom is -0.120 e. The quantitative estimate of drug-likeness (QED) is 0.666. The van der Waals surface area contributed by atoms with Gasteiger partial charge >= 0.3 is 0 Å². The van der Waals surface area contributed by atoms with Crippen molar-refractivity contribution in [3.63, 3.8) is 0 Å². The molecule has 0 aliphatic rings. The molecular formula is C12H12Cl2. The van der Waals surface area contributed by atoms with Gasteiger partial charge in [0.15, 0.2) is 0 Å². The van der Waals surface area contributed by atoms with Crippen LogP contribution in [-0.4, -0.2) is 0 Å². The molecule has 0 saturated carbocycles. The molecule has 0 amide bonds. The SMILES string of the molecule is C#CCC(CC)c1ccc(Cl)c(Cl)c1. The molecule has 14 heavy (non-hydrogen) atoms. The fourth-order valence-corrected chi connectivity index (χ4v) is 1.71. The molecule has 1 atom stereocenters. The monoisotopic (exact) mass is 226 g/mol. The normalized spacial score (nSPS) is 12.1. The van der Waals surface area contributed by atoms with Crippen LogP contribution in [0.5, 0.6) is 0 Å². The maximum absolute atomic E-state index is 5.93. The van der Waals surface area contributed by atoms with Crippen LogP contribution in [0.25, 0.3) is 0 Å². The molecule has 1 rings (SSSR count). The van der Waals surface area contributed by atoms with Crippen molar-refractivity contribution in [2.45, 2.75) is 25.7 Å². The van der Waals surface area contributed by atoms with Crippen LogP contribution in [0.1, 0.15) is 31.2 Å². The third kappa shape index (κ3) is 2.67. The maximum atomic E-state index is 5.93. The summed E-state index contributed by atoms with van der Waals surface area (Å²) >= 11 is 11.8. The molecular weight excluding hydrogens is 215 g/mol. The van der Waals surface area contributed by atoms with Crippen molar-refractivity contribution in [2.24, 2.45) is 0 Å². The number of hydrogen-bond acceptors (Lipinski definition) is 0. The van der Waals surface area contributed by atoms with Crippen LogP contribution in [0.3, 0.4) is 0 Å². The third-order valence-electron chi connectivity index (χ3n) is 2.27. The summed E-state index contributed by atoms with van der Waals surface area (Å²) in [5.41, 5.74) is 1.17. The topological polar surface area (TPSA) is 0 Å². The molecule has 0 aliphatic heterocycles. The molecule has 0 saturated heterocycles. The second kappa shape index (κ2) is 5.29. The van der Waals surface area contributed by atoms with Crippen molar-refractivity contribution in [3.05, 3.63) is 33.8 Å². The van der Waals surface area contributed by atoms with Crippen LogP contribution in [-0.2, 0) is 0 Å². The summed E-state index contributed by atoms with van der Waals surface area (Å²) in [6, 6.07) is 5.70. The van der Waals surface area contributed by atoms with Gasteiger partial charge in [-0.05, 0) is 30.0 Å². The molecule has 0 nitrogen and oxygen atoms in total. The van der Waals surface area contributed by atoms with Crippen LogP contribution in [0, 0.1) is 12.3 Å². The van der Waals surface area contributed by atoms with E-state index in [2.05, 4.69) is 12.8 Å². The molecule has 0 bridgehead atoms. The third-order valence-corrected chi connectivity index (χ3v) is 3.01. The van der Waals surface area contributed by atoms with Crippen molar-refractivity contribution < 1.29 is 0 Å². The Labute approximate surface area is 95.2 Å². The molecule has 0 spiro atoms. The van der Waals surface area contributed by atoms with Crippen molar-refractivity contribution in [1.29, 1.82) is 0 Å². The summed E-state index contributed by atoms with van der Waals surface area (Å²) in [4.78, 5) is 0. The smallest absolute Gasteiger partial charge is 0.0595 e. The average Bonchev–Trinajstić information content (AvgIpc) is 2.19. The second-order valence-electron chi connectivity index (χ2n) is 3.19. The minimum absolute atomic E-state index is 0.384. The standard InChI is InChI=1S/C12H12Cl2/c1-3-5-9(4-2)10-6-7-11(13)12(14)8-10/h1,6-9H,4-5H2,2H3. The molecule has 74 valence electrons. The lowest BCUT2D eigenvalue weighted by molar-refractivity contribution is 0.685. The Morgan fingerprint density at radius 2 is 2.07 bits per heavy atom. The van der Waals surface area contributed by atoms with E-state index >= 15 is 0 Å². The first-order chi connectivity index (χ1) is 6.69. The fraction of sp³-hybridized carbons (Fsp3) is 0.333. The van der Waals surface area contributed by atoms with Gasteiger partial charge in [0.2, 0.25) is 0 Å². The summed E-state index contributed by atoms with van der Waals surface area (Å²) in [6.07, 6.45) is 7.06. The van der Waals surface area contributed by atoms with Gasteiger partial charge in [0.1, 0.15) is 0 Å². The lowest BCUT2D eigenvalue weighted by Gasteiger charge is -2.12. The van der Waals surface area contributed by atoms with Gasteiger partial charge in [0.05, 0.1) is 10.0 Å². The van der Waals surface area contributed by atoms with Crippen molar-refractivity contribution in [3.8, 4) is 12.3 Å². The molecule has 0 aliphatic carbocycles. The number of terminal acetylenes is 1. The molecule has 0 radical (unpaired) electrons. The van der Waals surface area contributed by atoms with E-state index in [1.807, 2.05) is 18.2 Å². The Morgan fingerprint density at radius 3 is 2.57 bits per heavy atom. The van der Waals surface area contributed by atoms with Gasteiger partial charge < -0.3 is 0 Å². The zero-order chi connectivity index (χ0) is 10.6. The molecule has 1 aromatic rings. The Morgan fingerprint density at radius 1 is 1.36 bits per heavy atom. The zero-order valence-electron chi connectivity index (χ0n) is 8.06. The van der Waals surface area contributed by atoms with Crippen LogP contribution < -0.4 is 0 Å². The number of hydrogen-bond donors (Lipinski definition) is 0. The van der Waals surface area contributed by atoms with Crippen LogP contribution in [0.4, 0.5) is 0 Å². The van der Waals surface area contributed by atoms with Gasteiger partial charge in [-0.3, -0.25) is 0 Å². The highest BCUT2D eigenvalue weighted by Crippen LogP contribution is 2.29. The number of rotatable bonds is 3. The predicted molar refractivity (Wildman–Crippen MR) is 62.9 cm³/mol. The first kappa shape index (κ1) is 11.4. The predicted octanol–water partition coefficient (Wildman–Crippen LogP) is 4.51. The molecule has 1 aromatic carbocycles. The lowest BCUT2D eigenvalue weighted by atomic mass is 9.94. The van der Waals surface area contributed by atoms with Crippen molar-refractivity contribution in [2.75, 3.05) is 0 Å². The van der Waals surface area contributed by atoms with Crippen LogP contribution in [0.2, 0.25) is 10.0 Å². The Bertz CT molecular complexity index is 350. The van der Waals surface area contributed by atoms with E-state index in [0.717, 1.165) is 12.8 Å². The molecule has 1 unspecified atom stereocenters. The highest BCUT2D eigenvalue weighted by atomic mass is 35.5. The van der Waals surface area contributed by atoms with E-state index in [1.54, 1.807) is 0 Å². The largest absolute Gasteiger partial charge is 0.120 e. The molecule has 2 heteroatoms. The Kier molecular flexibility index (Phi) is 4.32. The van der Waals surface area contributed by atoms with Crippen molar-refractivity contribution in [1.82, 2.24) is 0 Å². The van der Waals surface area contributed by atoms with Gasteiger partial charge in [-0.15, -0.1) is 12.3 Å². The van der Waals surface area contributed by atoms with Gasteiger partial charge in [-0.2, -0.15) is 0 Å². The van der Waals surface area contributed by atoms with Gasteiger partial charge in [0.25, 0.3) is 0 Å². The van der Waals surface area contributed by atoms with Gasteiger partial charge in [-0.25, -0.2) is 0 Å². The summed E-state index contributed by atoms with van der Waals surface area (Å²) in [6.45, 7) is 2.12. The maximum Gasteiger partial charge on any atom is 0.0595 e. The Hall–Kier alpha value is -0.640. The lowest BCUT2D eigenvalue weighted by Crippen LogP contribution is -1.95. The average molecular weight is 227 g/mol. The van der Waals surface area contributed by atoms with E-state index in [0.29, 0.717) is 16.0 Å². The van der Waals surface area contributed by atoms with E-state index in [9.17, 15) is 0 Å². The van der Waals surface area contributed by atoms with Crippen molar-refractivity contribution >= 4 is 23.2 Å². The van der Waals surface area contributed by atoms with E-state index < -0.39 is 0 Å². The fourth-order valence-electron chi connectivity index (χ4n) is 1.41. The number of halogens is 2. The summed E-state index contributed by atoms with van der Waals surface area (Å²) in [7, 11) is 0. The summed E-state index contributed by atoms with van der Waals surface area (Å²) in [5, 5.41) is 1.19. The molecule has 0 fully saturated rings. The highest BCUT2D eigenvalue weighted by molar-refractivity contribution is 6.42. The van der Waals surface area contributed by atoms with E-state index in [1.165, 1.54) is 5.56 Å². The molecule has 0 aromatic heterocycles. The molecule has 0 heterocycles. The molecule has 0 N–H and O–H groups in total. The Balaban J connectivity index is 2.95. The highest BCUT2D eigenvalue weighted by Gasteiger charge is 2.09.